The quantitative estimate of drug-likeness (QED) is 0.782. The molecule has 1 heterocycles. The zero-order chi connectivity index (χ0) is 11.5. The van der Waals surface area contributed by atoms with Gasteiger partial charge in [-0.05, 0) is 23.6 Å². The standard InChI is InChI=1S/C13H14ClNS/c1-9(2)12-8-15-13(16-12)7-10-3-5-11(14)6-4-10/h3-6,8-9H,7H2,1-2H3. The normalized spacial score (nSPS) is 11.0. The predicted molar refractivity (Wildman–Crippen MR) is 70.5 cm³/mol. The fraction of sp³-hybridized carbons (Fsp3) is 0.308. The van der Waals surface area contributed by atoms with Gasteiger partial charge in [-0.25, -0.2) is 4.98 Å². The minimum atomic E-state index is 0.566. The van der Waals surface area contributed by atoms with Crippen LogP contribution in [0.1, 0.15) is 35.2 Å². The number of rotatable bonds is 3. The Hall–Kier alpha value is -0.860. The van der Waals surface area contributed by atoms with Gasteiger partial charge < -0.3 is 0 Å². The molecule has 0 atom stereocenters. The molecule has 0 saturated carbocycles. The van der Waals surface area contributed by atoms with E-state index in [1.807, 2.05) is 18.3 Å². The summed E-state index contributed by atoms with van der Waals surface area (Å²) in [4.78, 5) is 5.79. The summed E-state index contributed by atoms with van der Waals surface area (Å²) in [5.74, 6) is 0.566. The van der Waals surface area contributed by atoms with Crippen LogP contribution in [0.25, 0.3) is 0 Å². The van der Waals surface area contributed by atoms with Gasteiger partial charge in [-0.2, -0.15) is 0 Å². The molecule has 1 aromatic carbocycles. The van der Waals surface area contributed by atoms with Crippen LogP contribution < -0.4 is 0 Å². The van der Waals surface area contributed by atoms with E-state index in [0.717, 1.165) is 11.4 Å². The Kier molecular flexibility index (Phi) is 3.62. The fourth-order valence-electron chi connectivity index (χ4n) is 1.45. The van der Waals surface area contributed by atoms with Gasteiger partial charge in [0, 0.05) is 22.5 Å². The largest absolute Gasteiger partial charge is 0.249 e. The van der Waals surface area contributed by atoms with Gasteiger partial charge in [0.1, 0.15) is 0 Å². The van der Waals surface area contributed by atoms with Crippen molar-refractivity contribution in [1.82, 2.24) is 4.98 Å². The molecule has 0 N–H and O–H groups in total. The Balaban J connectivity index is 2.11. The molecule has 16 heavy (non-hydrogen) atoms. The van der Waals surface area contributed by atoms with E-state index in [1.165, 1.54) is 15.4 Å². The number of nitrogens with zero attached hydrogens (tertiary/aromatic N) is 1. The van der Waals surface area contributed by atoms with Crippen LogP contribution in [0, 0.1) is 0 Å². The van der Waals surface area contributed by atoms with Crippen LogP contribution in [0.2, 0.25) is 5.02 Å². The average molecular weight is 252 g/mol. The predicted octanol–water partition coefficient (Wildman–Crippen LogP) is 4.51. The van der Waals surface area contributed by atoms with Gasteiger partial charge in [-0.15, -0.1) is 11.3 Å². The van der Waals surface area contributed by atoms with Crippen molar-refractivity contribution >= 4 is 22.9 Å². The third-order valence-electron chi connectivity index (χ3n) is 2.41. The highest BCUT2D eigenvalue weighted by molar-refractivity contribution is 7.11. The third kappa shape index (κ3) is 2.83. The lowest BCUT2D eigenvalue weighted by molar-refractivity contribution is 0.885. The van der Waals surface area contributed by atoms with Crippen LogP contribution in [0.3, 0.4) is 0 Å². The van der Waals surface area contributed by atoms with Crippen LogP contribution >= 0.6 is 22.9 Å². The second kappa shape index (κ2) is 4.98. The fourth-order valence-corrected chi connectivity index (χ4v) is 2.53. The first-order chi connectivity index (χ1) is 7.65. The minimum absolute atomic E-state index is 0.566. The highest BCUT2D eigenvalue weighted by atomic mass is 35.5. The Morgan fingerprint density at radius 3 is 2.50 bits per heavy atom. The summed E-state index contributed by atoms with van der Waals surface area (Å²) in [6.45, 7) is 4.39. The third-order valence-corrected chi connectivity index (χ3v) is 3.96. The smallest absolute Gasteiger partial charge is 0.0971 e. The van der Waals surface area contributed by atoms with Crippen molar-refractivity contribution in [3.8, 4) is 0 Å². The molecule has 0 aliphatic carbocycles. The van der Waals surface area contributed by atoms with Gasteiger partial charge >= 0.3 is 0 Å². The number of benzene rings is 1. The first-order valence-corrected chi connectivity index (χ1v) is 6.53. The number of thiazole rings is 1. The molecule has 1 aromatic heterocycles. The molecular weight excluding hydrogens is 238 g/mol. The average Bonchev–Trinajstić information content (AvgIpc) is 2.70. The van der Waals surface area contributed by atoms with E-state index in [-0.39, 0.29) is 0 Å². The zero-order valence-corrected chi connectivity index (χ0v) is 11.0. The number of aromatic nitrogens is 1. The summed E-state index contributed by atoms with van der Waals surface area (Å²) >= 11 is 7.64. The van der Waals surface area contributed by atoms with Gasteiger partial charge in [0.15, 0.2) is 0 Å². The Labute approximate surface area is 105 Å². The summed E-state index contributed by atoms with van der Waals surface area (Å²) in [5, 5.41) is 1.96. The van der Waals surface area contributed by atoms with Gasteiger partial charge in [-0.1, -0.05) is 37.6 Å². The minimum Gasteiger partial charge on any atom is -0.249 e. The molecule has 0 aliphatic heterocycles. The molecule has 0 unspecified atom stereocenters. The number of hydrogen-bond donors (Lipinski definition) is 0. The lowest BCUT2D eigenvalue weighted by Gasteiger charge is -1.98. The van der Waals surface area contributed by atoms with E-state index in [0.29, 0.717) is 5.92 Å². The maximum atomic E-state index is 5.85. The van der Waals surface area contributed by atoms with Crippen LogP contribution in [-0.4, -0.2) is 4.98 Å². The van der Waals surface area contributed by atoms with Crippen molar-refractivity contribution in [1.29, 1.82) is 0 Å². The van der Waals surface area contributed by atoms with Crippen molar-refractivity contribution in [2.45, 2.75) is 26.2 Å². The van der Waals surface area contributed by atoms with Gasteiger partial charge in [0.05, 0.1) is 5.01 Å². The van der Waals surface area contributed by atoms with Crippen molar-refractivity contribution in [2.24, 2.45) is 0 Å². The summed E-state index contributed by atoms with van der Waals surface area (Å²) in [6, 6.07) is 7.96. The molecule has 2 rings (SSSR count). The highest BCUT2D eigenvalue weighted by Crippen LogP contribution is 2.23. The number of halogens is 1. The molecule has 0 spiro atoms. The molecule has 0 radical (unpaired) electrons. The molecule has 0 aliphatic rings. The van der Waals surface area contributed by atoms with Crippen molar-refractivity contribution < 1.29 is 0 Å². The summed E-state index contributed by atoms with van der Waals surface area (Å²) in [6.07, 6.45) is 2.88. The molecule has 0 fully saturated rings. The SMILES string of the molecule is CC(C)c1cnc(Cc2ccc(Cl)cc2)s1. The van der Waals surface area contributed by atoms with Crippen LogP contribution in [0.4, 0.5) is 0 Å². The lowest BCUT2D eigenvalue weighted by Crippen LogP contribution is -1.85. The molecule has 0 bridgehead atoms. The number of hydrogen-bond acceptors (Lipinski definition) is 2. The molecular formula is C13H14ClNS. The van der Waals surface area contributed by atoms with E-state index >= 15 is 0 Å². The van der Waals surface area contributed by atoms with E-state index in [2.05, 4.69) is 31.0 Å². The Morgan fingerprint density at radius 2 is 1.94 bits per heavy atom. The second-order valence-electron chi connectivity index (χ2n) is 4.11. The van der Waals surface area contributed by atoms with Crippen molar-refractivity contribution in [3.05, 3.63) is 50.9 Å². The highest BCUT2D eigenvalue weighted by Gasteiger charge is 2.06. The maximum absolute atomic E-state index is 5.85. The first kappa shape index (κ1) is 11.6. The Bertz CT molecular complexity index is 459. The summed E-state index contributed by atoms with van der Waals surface area (Å²) < 4.78 is 0. The topological polar surface area (TPSA) is 12.9 Å². The molecule has 0 saturated heterocycles. The van der Waals surface area contributed by atoms with E-state index in [9.17, 15) is 0 Å². The molecule has 2 aromatic rings. The van der Waals surface area contributed by atoms with Crippen LogP contribution in [-0.2, 0) is 6.42 Å². The second-order valence-corrected chi connectivity index (χ2v) is 5.70. The summed E-state index contributed by atoms with van der Waals surface area (Å²) in [5.41, 5.74) is 1.26. The molecule has 0 amide bonds. The molecule has 84 valence electrons. The van der Waals surface area contributed by atoms with E-state index < -0.39 is 0 Å². The van der Waals surface area contributed by atoms with Crippen LogP contribution in [0.5, 0.6) is 0 Å². The first-order valence-electron chi connectivity index (χ1n) is 5.34. The zero-order valence-electron chi connectivity index (χ0n) is 9.40. The molecule has 1 nitrogen and oxygen atoms in total. The summed E-state index contributed by atoms with van der Waals surface area (Å²) in [7, 11) is 0. The van der Waals surface area contributed by atoms with Gasteiger partial charge in [0.25, 0.3) is 0 Å². The van der Waals surface area contributed by atoms with Gasteiger partial charge in [0.2, 0.25) is 0 Å². The monoisotopic (exact) mass is 251 g/mol. The van der Waals surface area contributed by atoms with Crippen molar-refractivity contribution in [3.63, 3.8) is 0 Å². The maximum Gasteiger partial charge on any atom is 0.0971 e. The van der Waals surface area contributed by atoms with Gasteiger partial charge in [-0.3, -0.25) is 0 Å². The van der Waals surface area contributed by atoms with E-state index in [1.54, 1.807) is 11.3 Å². The Morgan fingerprint density at radius 1 is 1.25 bits per heavy atom. The lowest BCUT2D eigenvalue weighted by atomic mass is 10.2. The van der Waals surface area contributed by atoms with Crippen LogP contribution in [0.15, 0.2) is 30.5 Å². The molecule has 3 heteroatoms. The van der Waals surface area contributed by atoms with E-state index in [4.69, 9.17) is 11.6 Å². The van der Waals surface area contributed by atoms with Crippen molar-refractivity contribution in [2.75, 3.05) is 0 Å².